The molecule has 0 bridgehead atoms. The van der Waals surface area contributed by atoms with Crippen LogP contribution in [0.5, 0.6) is 5.75 Å². The van der Waals surface area contributed by atoms with Gasteiger partial charge in [-0.1, -0.05) is 6.07 Å². The van der Waals surface area contributed by atoms with E-state index < -0.39 is 18.0 Å². The van der Waals surface area contributed by atoms with Crippen LogP contribution >= 0.6 is 0 Å². The Morgan fingerprint density at radius 2 is 2.00 bits per heavy atom. The van der Waals surface area contributed by atoms with Crippen molar-refractivity contribution in [3.63, 3.8) is 0 Å². The summed E-state index contributed by atoms with van der Waals surface area (Å²) in [5.74, 6) is -1.15. The maximum absolute atomic E-state index is 11.2. The second kappa shape index (κ2) is 5.20. The van der Waals surface area contributed by atoms with E-state index in [1.54, 1.807) is 12.1 Å². The zero-order valence-corrected chi connectivity index (χ0v) is 9.60. The summed E-state index contributed by atoms with van der Waals surface area (Å²) in [5.41, 5.74) is 11.2. The molecule has 1 atom stereocenters. The number of ether oxygens (including phenoxy) is 2. The zero-order valence-electron chi connectivity index (χ0n) is 9.60. The Kier molecular flexibility index (Phi) is 3.92. The van der Waals surface area contributed by atoms with Crippen LogP contribution < -0.4 is 16.2 Å². The number of anilines is 1. The van der Waals surface area contributed by atoms with E-state index in [-0.39, 0.29) is 17.0 Å². The molecule has 0 fully saturated rings. The molecule has 0 aliphatic heterocycles. The molecule has 1 amide bonds. The van der Waals surface area contributed by atoms with E-state index in [0.717, 1.165) is 0 Å². The van der Waals surface area contributed by atoms with E-state index in [4.69, 9.17) is 16.2 Å². The van der Waals surface area contributed by atoms with Gasteiger partial charge in [0.15, 0.2) is 11.9 Å². The summed E-state index contributed by atoms with van der Waals surface area (Å²) in [6, 6.07) is 4.59. The lowest BCUT2D eigenvalue weighted by atomic mass is 10.1. The topological polar surface area (TPSA) is 105 Å². The quantitative estimate of drug-likeness (QED) is 0.580. The van der Waals surface area contributed by atoms with Crippen molar-refractivity contribution in [3.8, 4) is 5.75 Å². The molecule has 0 spiro atoms. The fourth-order valence-corrected chi connectivity index (χ4v) is 1.27. The van der Waals surface area contributed by atoms with Crippen molar-refractivity contribution in [2.45, 2.75) is 13.0 Å². The maximum Gasteiger partial charge on any atom is 0.346 e. The molecule has 0 aliphatic rings. The monoisotopic (exact) mass is 238 g/mol. The number of amides is 1. The highest BCUT2D eigenvalue weighted by atomic mass is 16.6. The van der Waals surface area contributed by atoms with E-state index in [1.807, 2.05) is 0 Å². The summed E-state index contributed by atoms with van der Waals surface area (Å²) in [7, 11) is 1.24. The summed E-state index contributed by atoms with van der Waals surface area (Å²) in [6.45, 7) is 1.49. The van der Waals surface area contributed by atoms with Crippen LogP contribution in [0.1, 0.15) is 17.3 Å². The minimum Gasteiger partial charge on any atom is -0.476 e. The minimum absolute atomic E-state index is 0.0953. The van der Waals surface area contributed by atoms with E-state index in [1.165, 1.54) is 20.1 Å². The average molecular weight is 238 g/mol. The van der Waals surface area contributed by atoms with E-state index in [9.17, 15) is 9.59 Å². The van der Waals surface area contributed by atoms with Gasteiger partial charge in [0, 0.05) is 0 Å². The number of carbonyl (C=O) groups is 2. The molecule has 0 saturated heterocycles. The fraction of sp³-hybridized carbons (Fsp3) is 0.273. The van der Waals surface area contributed by atoms with Crippen molar-refractivity contribution in [1.29, 1.82) is 0 Å². The molecule has 0 heterocycles. The van der Waals surface area contributed by atoms with Crippen LogP contribution in [0.15, 0.2) is 18.2 Å². The molecule has 6 nitrogen and oxygen atoms in total. The first kappa shape index (κ1) is 12.8. The number of nitrogen functional groups attached to an aromatic ring is 1. The number of benzene rings is 1. The van der Waals surface area contributed by atoms with Crippen LogP contribution in [0.3, 0.4) is 0 Å². The van der Waals surface area contributed by atoms with E-state index >= 15 is 0 Å². The standard InChI is InChI=1S/C11H14N2O4/c1-6(11(15)16-2)17-9-7(10(13)14)4-3-5-8(9)12/h3-6H,12H2,1-2H3,(H2,13,14). The molecular weight excluding hydrogens is 224 g/mol. The molecule has 0 saturated carbocycles. The predicted molar refractivity (Wildman–Crippen MR) is 61.5 cm³/mol. The minimum atomic E-state index is -0.872. The van der Waals surface area contributed by atoms with Gasteiger partial charge in [0.25, 0.3) is 5.91 Å². The van der Waals surface area contributed by atoms with Gasteiger partial charge in [-0.15, -0.1) is 0 Å². The number of hydrogen-bond acceptors (Lipinski definition) is 5. The average Bonchev–Trinajstić information content (AvgIpc) is 2.30. The molecule has 4 N–H and O–H groups in total. The lowest BCUT2D eigenvalue weighted by Crippen LogP contribution is -2.26. The van der Waals surface area contributed by atoms with Gasteiger partial charge < -0.3 is 20.9 Å². The Balaban J connectivity index is 3.05. The SMILES string of the molecule is COC(=O)C(C)Oc1c(N)cccc1C(N)=O. The van der Waals surface area contributed by atoms with Crippen molar-refractivity contribution in [3.05, 3.63) is 23.8 Å². The number of esters is 1. The third kappa shape index (κ3) is 2.87. The Bertz CT molecular complexity index is 445. The highest BCUT2D eigenvalue weighted by molar-refractivity contribution is 5.97. The van der Waals surface area contributed by atoms with Gasteiger partial charge in [-0.25, -0.2) is 4.79 Å². The fourth-order valence-electron chi connectivity index (χ4n) is 1.27. The van der Waals surface area contributed by atoms with Gasteiger partial charge >= 0.3 is 5.97 Å². The van der Waals surface area contributed by atoms with Gasteiger partial charge in [0.2, 0.25) is 0 Å². The molecule has 17 heavy (non-hydrogen) atoms. The van der Waals surface area contributed by atoms with Gasteiger partial charge in [0.05, 0.1) is 18.4 Å². The first-order chi connectivity index (χ1) is 7.97. The number of rotatable bonds is 4. The highest BCUT2D eigenvalue weighted by Crippen LogP contribution is 2.27. The predicted octanol–water partition coefficient (Wildman–Crippen LogP) is 0.308. The number of hydrogen-bond donors (Lipinski definition) is 2. The van der Waals surface area contributed by atoms with Crippen LogP contribution in [0.2, 0.25) is 0 Å². The van der Waals surface area contributed by atoms with Crippen LogP contribution in [0, 0.1) is 0 Å². The largest absolute Gasteiger partial charge is 0.476 e. The second-order valence-corrected chi connectivity index (χ2v) is 3.37. The summed E-state index contributed by atoms with van der Waals surface area (Å²) in [4.78, 5) is 22.4. The lowest BCUT2D eigenvalue weighted by Gasteiger charge is -2.16. The third-order valence-corrected chi connectivity index (χ3v) is 2.14. The molecule has 0 aliphatic carbocycles. The smallest absolute Gasteiger partial charge is 0.346 e. The maximum atomic E-state index is 11.2. The highest BCUT2D eigenvalue weighted by Gasteiger charge is 2.20. The number of carbonyl (C=O) groups excluding carboxylic acids is 2. The van der Waals surface area contributed by atoms with E-state index in [2.05, 4.69) is 4.74 Å². The number of primary amides is 1. The normalized spacial score (nSPS) is 11.6. The van der Waals surface area contributed by atoms with Crippen molar-refractivity contribution >= 4 is 17.6 Å². The van der Waals surface area contributed by atoms with Crippen molar-refractivity contribution in [2.75, 3.05) is 12.8 Å². The third-order valence-electron chi connectivity index (χ3n) is 2.14. The van der Waals surface area contributed by atoms with Crippen molar-refractivity contribution in [1.82, 2.24) is 0 Å². The molecule has 1 unspecified atom stereocenters. The van der Waals surface area contributed by atoms with Gasteiger partial charge in [0.1, 0.15) is 0 Å². The molecule has 1 rings (SSSR count). The van der Waals surface area contributed by atoms with Crippen LogP contribution in [-0.2, 0) is 9.53 Å². The van der Waals surface area contributed by atoms with Crippen molar-refractivity contribution in [2.24, 2.45) is 5.73 Å². The van der Waals surface area contributed by atoms with Gasteiger partial charge in [-0.05, 0) is 19.1 Å². The number of nitrogens with two attached hydrogens (primary N) is 2. The van der Waals surface area contributed by atoms with E-state index in [0.29, 0.717) is 0 Å². The first-order valence-electron chi connectivity index (χ1n) is 4.90. The Hall–Kier alpha value is -2.24. The van der Waals surface area contributed by atoms with Crippen LogP contribution in [0.25, 0.3) is 0 Å². The first-order valence-corrected chi connectivity index (χ1v) is 4.90. The Morgan fingerprint density at radius 1 is 1.35 bits per heavy atom. The molecule has 6 heteroatoms. The van der Waals surface area contributed by atoms with Crippen LogP contribution in [-0.4, -0.2) is 25.1 Å². The Morgan fingerprint density at radius 3 is 2.53 bits per heavy atom. The number of para-hydroxylation sites is 1. The summed E-state index contributed by atoms with van der Waals surface area (Å²) in [5, 5.41) is 0. The molecular formula is C11H14N2O4. The molecule has 0 radical (unpaired) electrons. The summed E-state index contributed by atoms with van der Waals surface area (Å²) < 4.78 is 9.79. The van der Waals surface area contributed by atoms with Crippen LogP contribution in [0.4, 0.5) is 5.69 Å². The molecule has 92 valence electrons. The Labute approximate surface area is 98.5 Å². The van der Waals surface area contributed by atoms with Gasteiger partial charge in [-0.2, -0.15) is 0 Å². The number of methoxy groups -OCH3 is 1. The molecule has 1 aromatic carbocycles. The molecule has 0 aromatic heterocycles. The van der Waals surface area contributed by atoms with Gasteiger partial charge in [-0.3, -0.25) is 4.79 Å². The lowest BCUT2D eigenvalue weighted by molar-refractivity contribution is -0.147. The molecule has 1 aromatic rings. The summed E-state index contributed by atoms with van der Waals surface area (Å²) in [6.07, 6.45) is -0.872. The summed E-state index contributed by atoms with van der Waals surface area (Å²) >= 11 is 0. The zero-order chi connectivity index (χ0) is 13.0. The second-order valence-electron chi connectivity index (χ2n) is 3.37. The van der Waals surface area contributed by atoms with Crippen molar-refractivity contribution < 1.29 is 19.1 Å².